The minimum Gasteiger partial charge on any atom is -0.507 e. The Balaban J connectivity index is 2.42. The van der Waals surface area contributed by atoms with Gasteiger partial charge in [0.1, 0.15) is 22.0 Å². The van der Waals surface area contributed by atoms with Crippen molar-refractivity contribution >= 4 is 27.7 Å². The maximum Gasteiger partial charge on any atom is 0.339 e. The van der Waals surface area contributed by atoms with Gasteiger partial charge in [-0.2, -0.15) is 8.42 Å². The van der Waals surface area contributed by atoms with Crippen molar-refractivity contribution in [3.05, 3.63) is 41.7 Å². The van der Waals surface area contributed by atoms with Gasteiger partial charge in [0.05, 0.1) is 11.3 Å². The number of amides is 1. The highest BCUT2D eigenvalue weighted by Crippen LogP contribution is 2.31. The van der Waals surface area contributed by atoms with Crippen LogP contribution in [0.1, 0.15) is 20.7 Å². The van der Waals surface area contributed by atoms with Gasteiger partial charge in [0.15, 0.2) is 0 Å². The van der Waals surface area contributed by atoms with Crippen molar-refractivity contribution in [3.63, 3.8) is 0 Å². The van der Waals surface area contributed by atoms with Gasteiger partial charge in [0.25, 0.3) is 16.0 Å². The lowest BCUT2D eigenvalue weighted by Gasteiger charge is -2.10. The number of anilines is 1. The first-order valence-corrected chi connectivity index (χ1v) is 7.57. The third kappa shape index (κ3) is 3.42. The molecule has 1 aromatic heterocycles. The van der Waals surface area contributed by atoms with Crippen LogP contribution in [0, 0.1) is 0 Å². The Morgan fingerprint density at radius 2 is 1.75 bits per heavy atom. The van der Waals surface area contributed by atoms with Crippen molar-refractivity contribution in [2.45, 2.75) is 4.90 Å². The third-order valence-electron chi connectivity index (χ3n) is 2.90. The van der Waals surface area contributed by atoms with Gasteiger partial charge in [-0.05, 0) is 12.1 Å². The molecule has 5 N–H and O–H groups in total. The number of aromatic nitrogens is 1. The fourth-order valence-electron chi connectivity index (χ4n) is 1.81. The molecule has 0 saturated carbocycles. The maximum absolute atomic E-state index is 12.1. The first-order chi connectivity index (χ1) is 11.1. The molecule has 0 atom stereocenters. The normalized spacial score (nSPS) is 11.0. The molecule has 0 fully saturated rings. The molecule has 0 unspecified atom stereocenters. The molecule has 2 aromatic rings. The van der Waals surface area contributed by atoms with Gasteiger partial charge in [-0.25, -0.2) is 4.79 Å². The van der Waals surface area contributed by atoms with E-state index in [1.165, 1.54) is 12.3 Å². The van der Waals surface area contributed by atoms with Crippen LogP contribution in [-0.2, 0) is 10.1 Å². The summed E-state index contributed by atoms with van der Waals surface area (Å²) in [6.07, 6.45) is 2.22. The number of aromatic hydroxyl groups is 2. The molecular weight excluding hydrogens is 344 g/mol. The number of phenolic OH excluding ortho intramolecular Hbond substituents is 2. The second-order valence-corrected chi connectivity index (χ2v) is 5.88. The second-order valence-electron chi connectivity index (χ2n) is 4.49. The largest absolute Gasteiger partial charge is 0.507 e. The topological polar surface area (TPSA) is 174 Å². The summed E-state index contributed by atoms with van der Waals surface area (Å²) in [6.45, 7) is 0. The molecular formula is C13H10N2O8S. The first kappa shape index (κ1) is 17.2. The molecule has 0 spiro atoms. The predicted molar refractivity (Wildman–Crippen MR) is 78.7 cm³/mol. The van der Waals surface area contributed by atoms with Crippen LogP contribution < -0.4 is 5.32 Å². The summed E-state index contributed by atoms with van der Waals surface area (Å²) in [7, 11) is -4.80. The Labute approximate surface area is 134 Å². The van der Waals surface area contributed by atoms with Gasteiger partial charge in [0, 0.05) is 18.5 Å². The highest BCUT2D eigenvalue weighted by molar-refractivity contribution is 7.86. The van der Waals surface area contributed by atoms with Crippen molar-refractivity contribution in [2.75, 3.05) is 5.32 Å². The molecule has 1 aromatic carbocycles. The minimum atomic E-state index is -4.80. The summed E-state index contributed by atoms with van der Waals surface area (Å²) in [4.78, 5) is 25.8. The molecule has 11 heteroatoms. The van der Waals surface area contributed by atoms with E-state index in [1.54, 1.807) is 0 Å². The number of carbonyl (C=O) groups excluding carboxylic acids is 1. The molecule has 126 valence electrons. The van der Waals surface area contributed by atoms with Crippen molar-refractivity contribution in [1.29, 1.82) is 0 Å². The average Bonchev–Trinajstić information content (AvgIpc) is 2.48. The summed E-state index contributed by atoms with van der Waals surface area (Å²) in [5, 5.41) is 30.5. The number of carboxylic acids is 1. The van der Waals surface area contributed by atoms with Crippen molar-refractivity contribution in [2.24, 2.45) is 0 Å². The lowest BCUT2D eigenvalue weighted by molar-refractivity contribution is 0.0697. The van der Waals surface area contributed by atoms with Gasteiger partial charge in [0.2, 0.25) is 0 Å². The molecule has 1 heterocycles. The van der Waals surface area contributed by atoms with Crippen LogP contribution in [0.3, 0.4) is 0 Å². The minimum absolute atomic E-state index is 0.125. The van der Waals surface area contributed by atoms with Gasteiger partial charge in [-0.15, -0.1) is 0 Å². The lowest BCUT2D eigenvalue weighted by Crippen LogP contribution is -2.15. The molecule has 0 radical (unpaired) electrons. The van der Waals surface area contributed by atoms with Crippen LogP contribution >= 0.6 is 0 Å². The van der Waals surface area contributed by atoms with E-state index in [-0.39, 0.29) is 11.3 Å². The molecule has 0 aliphatic rings. The number of pyridine rings is 1. The zero-order chi connectivity index (χ0) is 18.1. The molecule has 24 heavy (non-hydrogen) atoms. The summed E-state index contributed by atoms with van der Waals surface area (Å²) < 4.78 is 30.9. The van der Waals surface area contributed by atoms with Crippen LogP contribution in [0.25, 0.3) is 0 Å². The number of hydrogen-bond donors (Lipinski definition) is 5. The lowest BCUT2D eigenvalue weighted by atomic mass is 10.1. The van der Waals surface area contributed by atoms with Gasteiger partial charge < -0.3 is 20.6 Å². The van der Waals surface area contributed by atoms with Crippen LogP contribution in [-0.4, -0.2) is 45.2 Å². The molecule has 2 rings (SSSR count). The molecule has 0 aliphatic heterocycles. The Morgan fingerprint density at radius 1 is 1.08 bits per heavy atom. The van der Waals surface area contributed by atoms with E-state index in [0.717, 1.165) is 6.20 Å². The van der Waals surface area contributed by atoms with Crippen LogP contribution in [0.4, 0.5) is 5.69 Å². The SMILES string of the molecule is O=C(Nc1ccncc1C(=O)O)c1cc(O)c(S(=O)(=O)O)cc1O. The van der Waals surface area contributed by atoms with E-state index in [9.17, 15) is 28.2 Å². The molecule has 1 amide bonds. The van der Waals surface area contributed by atoms with E-state index in [2.05, 4.69) is 10.3 Å². The molecule has 0 aliphatic carbocycles. The van der Waals surface area contributed by atoms with Crippen molar-refractivity contribution < 1.29 is 37.9 Å². The number of carbonyl (C=O) groups is 2. The molecule has 10 nitrogen and oxygen atoms in total. The number of hydrogen-bond acceptors (Lipinski definition) is 7. The summed E-state index contributed by atoms with van der Waals surface area (Å²) in [5.74, 6) is -4.18. The zero-order valence-corrected chi connectivity index (χ0v) is 12.5. The fourth-order valence-corrected chi connectivity index (χ4v) is 2.39. The number of aromatic carboxylic acids is 1. The van der Waals surface area contributed by atoms with E-state index in [1.807, 2.05) is 0 Å². The van der Waals surface area contributed by atoms with E-state index in [4.69, 9.17) is 9.66 Å². The highest BCUT2D eigenvalue weighted by Gasteiger charge is 2.22. The summed E-state index contributed by atoms with van der Waals surface area (Å²) in [6, 6.07) is 2.31. The summed E-state index contributed by atoms with van der Waals surface area (Å²) >= 11 is 0. The Morgan fingerprint density at radius 3 is 2.33 bits per heavy atom. The Kier molecular flexibility index (Phi) is 4.39. The number of rotatable bonds is 4. The molecule has 0 bridgehead atoms. The van der Waals surface area contributed by atoms with E-state index in [0.29, 0.717) is 12.1 Å². The predicted octanol–water partition coefficient (Wildman–Crippen LogP) is 0.690. The Bertz CT molecular complexity index is 939. The number of carboxylic acid groups (broad SMARTS) is 1. The first-order valence-electron chi connectivity index (χ1n) is 6.13. The van der Waals surface area contributed by atoms with E-state index < -0.39 is 44.0 Å². The standard InChI is InChI=1S/C13H10N2O8S/c16-9-4-11(24(21,22)23)10(17)3-6(9)12(18)15-8-1-2-14-5-7(8)13(19)20/h1-5,16-17H,(H,19,20)(H,14,15,18)(H,21,22,23). The zero-order valence-electron chi connectivity index (χ0n) is 11.7. The number of nitrogens with zero attached hydrogens (tertiary/aromatic N) is 1. The average molecular weight is 354 g/mol. The number of benzene rings is 1. The fraction of sp³-hybridized carbons (Fsp3) is 0. The number of nitrogens with one attached hydrogen (secondary N) is 1. The van der Waals surface area contributed by atoms with Crippen LogP contribution in [0.15, 0.2) is 35.5 Å². The van der Waals surface area contributed by atoms with Gasteiger partial charge in [-0.1, -0.05) is 0 Å². The number of phenols is 2. The highest BCUT2D eigenvalue weighted by atomic mass is 32.2. The monoisotopic (exact) mass is 354 g/mol. The Hall–Kier alpha value is -3.18. The molecule has 0 saturated heterocycles. The van der Waals surface area contributed by atoms with Gasteiger partial charge in [-0.3, -0.25) is 14.3 Å². The van der Waals surface area contributed by atoms with E-state index >= 15 is 0 Å². The van der Waals surface area contributed by atoms with Crippen molar-refractivity contribution in [1.82, 2.24) is 4.98 Å². The van der Waals surface area contributed by atoms with Gasteiger partial charge >= 0.3 is 5.97 Å². The quantitative estimate of drug-likeness (QED) is 0.391. The summed E-state index contributed by atoms with van der Waals surface area (Å²) in [5.41, 5.74) is -0.975. The second kappa shape index (κ2) is 6.14. The maximum atomic E-state index is 12.1. The van der Waals surface area contributed by atoms with Crippen LogP contribution in [0.2, 0.25) is 0 Å². The van der Waals surface area contributed by atoms with Crippen LogP contribution in [0.5, 0.6) is 11.5 Å². The van der Waals surface area contributed by atoms with Crippen molar-refractivity contribution in [3.8, 4) is 11.5 Å². The third-order valence-corrected chi connectivity index (χ3v) is 3.78. The smallest absolute Gasteiger partial charge is 0.339 e.